The first kappa shape index (κ1) is 26.9. The number of para-hydroxylation sites is 2. The van der Waals surface area contributed by atoms with Gasteiger partial charge >= 0.3 is 0 Å². The molecule has 0 fully saturated rings. The smallest absolute Gasteiger partial charge is 0.160 e. The molecule has 0 unspecified atom stereocenters. The van der Waals surface area contributed by atoms with Crippen molar-refractivity contribution in [2.75, 3.05) is 0 Å². The van der Waals surface area contributed by atoms with Gasteiger partial charge in [-0.15, -0.1) is 0 Å². The fraction of sp³-hybridized carbons (Fsp3) is 0.0222. The average molecular weight is 613 g/mol. The highest BCUT2D eigenvalue weighted by atomic mass is 16.5. The summed E-state index contributed by atoms with van der Waals surface area (Å²) in [5.74, 6) is 2.47. The molecule has 48 heavy (non-hydrogen) atoms. The van der Waals surface area contributed by atoms with Crippen LogP contribution in [0.25, 0.3) is 55.8 Å². The van der Waals surface area contributed by atoms with Gasteiger partial charge < -0.3 is 4.74 Å². The number of ether oxygens (including phenoxy) is 1. The summed E-state index contributed by atoms with van der Waals surface area (Å²) in [4.78, 5) is 10.1. The molecule has 7 aromatic carbocycles. The molecule has 2 aliphatic rings. The van der Waals surface area contributed by atoms with Crippen LogP contribution >= 0.6 is 0 Å². The summed E-state index contributed by atoms with van der Waals surface area (Å²) in [6.45, 7) is 0. The Morgan fingerprint density at radius 1 is 0.396 bits per heavy atom. The van der Waals surface area contributed by atoms with Gasteiger partial charge in [-0.3, -0.25) is 0 Å². The quantitative estimate of drug-likeness (QED) is 0.199. The second kappa shape index (κ2) is 10.3. The number of fused-ring (bicyclic) bond motifs is 10. The lowest BCUT2D eigenvalue weighted by molar-refractivity contribution is 0.436. The molecule has 3 heteroatoms. The SMILES string of the molecule is c1ccc(-c2nc(-c3cccc(-c4ccc5c(c4)Oc4ccccc4C54c5ccccc5-c5ccccc54)c3)nc3ccccc23)cc1. The van der Waals surface area contributed by atoms with Crippen molar-refractivity contribution in [3.8, 4) is 56.4 Å². The minimum absolute atomic E-state index is 0.468. The Morgan fingerprint density at radius 2 is 1.00 bits per heavy atom. The predicted molar refractivity (Wildman–Crippen MR) is 193 cm³/mol. The van der Waals surface area contributed by atoms with Crippen LogP contribution in [0.5, 0.6) is 11.5 Å². The minimum atomic E-state index is -0.468. The molecular weight excluding hydrogens is 585 g/mol. The molecule has 3 nitrogen and oxygen atoms in total. The van der Waals surface area contributed by atoms with Crippen molar-refractivity contribution in [3.05, 3.63) is 192 Å². The molecule has 1 aliphatic heterocycles. The van der Waals surface area contributed by atoms with E-state index in [0.29, 0.717) is 5.82 Å². The van der Waals surface area contributed by atoms with Crippen molar-refractivity contribution in [2.24, 2.45) is 0 Å². The van der Waals surface area contributed by atoms with Gasteiger partial charge in [0.1, 0.15) is 11.5 Å². The standard InChI is InChI=1S/C45H28N2O/c1-2-13-29(14-3-1)43-35-19-6-10-23-40(35)46-44(47-43)32-16-12-15-30(27-32)31-25-26-39-42(28-31)48-41-24-11-9-22-38(41)45(39)36-20-7-4-17-33(36)34-18-5-8-21-37(34)45/h1-28H. The summed E-state index contributed by atoms with van der Waals surface area (Å²) in [6.07, 6.45) is 0. The van der Waals surface area contributed by atoms with E-state index in [4.69, 9.17) is 14.7 Å². The highest BCUT2D eigenvalue weighted by Crippen LogP contribution is 2.62. The Labute approximate surface area is 278 Å². The molecule has 10 rings (SSSR count). The van der Waals surface area contributed by atoms with Crippen LogP contribution in [0.3, 0.4) is 0 Å². The molecule has 8 aromatic rings. The fourth-order valence-corrected chi connectivity index (χ4v) is 7.90. The third kappa shape index (κ3) is 3.82. The summed E-state index contributed by atoms with van der Waals surface area (Å²) < 4.78 is 6.76. The maximum Gasteiger partial charge on any atom is 0.160 e. The van der Waals surface area contributed by atoms with Gasteiger partial charge in [0.05, 0.1) is 16.6 Å². The first-order chi connectivity index (χ1) is 23.8. The maximum absolute atomic E-state index is 6.76. The van der Waals surface area contributed by atoms with Gasteiger partial charge in [0.2, 0.25) is 0 Å². The Kier molecular flexibility index (Phi) is 5.79. The van der Waals surface area contributed by atoms with Crippen LogP contribution in [0.15, 0.2) is 170 Å². The predicted octanol–water partition coefficient (Wildman–Crippen LogP) is 11.1. The zero-order valence-electron chi connectivity index (χ0n) is 26.0. The number of hydrogen-bond acceptors (Lipinski definition) is 3. The summed E-state index contributed by atoms with van der Waals surface area (Å²) >= 11 is 0. The van der Waals surface area contributed by atoms with Crippen LogP contribution < -0.4 is 4.74 Å². The van der Waals surface area contributed by atoms with Crippen LogP contribution in [0.1, 0.15) is 22.3 Å². The molecule has 1 aliphatic carbocycles. The van der Waals surface area contributed by atoms with Gasteiger partial charge in [0, 0.05) is 27.6 Å². The van der Waals surface area contributed by atoms with Gasteiger partial charge in [-0.1, -0.05) is 146 Å². The van der Waals surface area contributed by atoms with Crippen LogP contribution in [0.2, 0.25) is 0 Å². The van der Waals surface area contributed by atoms with E-state index in [1.165, 1.54) is 27.8 Å². The lowest BCUT2D eigenvalue weighted by Gasteiger charge is -2.39. The van der Waals surface area contributed by atoms with Gasteiger partial charge in [0.15, 0.2) is 5.82 Å². The largest absolute Gasteiger partial charge is 0.457 e. The van der Waals surface area contributed by atoms with E-state index in [-0.39, 0.29) is 0 Å². The van der Waals surface area contributed by atoms with Crippen molar-refractivity contribution in [3.63, 3.8) is 0 Å². The molecular formula is C45H28N2O. The van der Waals surface area contributed by atoms with E-state index in [9.17, 15) is 0 Å². The average Bonchev–Trinajstić information content (AvgIpc) is 3.45. The molecule has 0 N–H and O–H groups in total. The molecule has 2 heterocycles. The summed E-state index contributed by atoms with van der Waals surface area (Å²) in [5.41, 5.74) is 13.1. The van der Waals surface area contributed by atoms with Crippen LogP contribution in [-0.2, 0) is 5.41 Å². The highest BCUT2D eigenvalue weighted by molar-refractivity contribution is 5.94. The van der Waals surface area contributed by atoms with Gasteiger partial charge in [0.25, 0.3) is 0 Å². The van der Waals surface area contributed by atoms with Crippen molar-refractivity contribution >= 4 is 10.9 Å². The normalized spacial score (nSPS) is 13.3. The van der Waals surface area contributed by atoms with Crippen LogP contribution in [-0.4, -0.2) is 9.97 Å². The molecule has 0 amide bonds. The van der Waals surface area contributed by atoms with E-state index in [2.05, 4.69) is 152 Å². The number of benzene rings is 7. The van der Waals surface area contributed by atoms with Crippen LogP contribution in [0, 0.1) is 0 Å². The Morgan fingerprint density at radius 3 is 1.81 bits per heavy atom. The molecule has 1 aromatic heterocycles. The monoisotopic (exact) mass is 612 g/mol. The van der Waals surface area contributed by atoms with Gasteiger partial charge in [-0.05, 0) is 57.6 Å². The summed E-state index contributed by atoms with van der Waals surface area (Å²) in [7, 11) is 0. The number of aromatic nitrogens is 2. The molecule has 0 saturated carbocycles. The van der Waals surface area contributed by atoms with E-state index < -0.39 is 5.41 Å². The fourth-order valence-electron chi connectivity index (χ4n) is 7.90. The van der Waals surface area contributed by atoms with E-state index in [0.717, 1.165) is 55.9 Å². The minimum Gasteiger partial charge on any atom is -0.457 e. The van der Waals surface area contributed by atoms with Gasteiger partial charge in [-0.25, -0.2) is 9.97 Å². The van der Waals surface area contributed by atoms with E-state index >= 15 is 0 Å². The molecule has 0 saturated heterocycles. The van der Waals surface area contributed by atoms with Gasteiger partial charge in [-0.2, -0.15) is 0 Å². The lowest BCUT2D eigenvalue weighted by Crippen LogP contribution is -2.32. The second-order valence-electron chi connectivity index (χ2n) is 12.5. The van der Waals surface area contributed by atoms with Crippen molar-refractivity contribution in [1.29, 1.82) is 0 Å². The Balaban J connectivity index is 1.14. The summed E-state index contributed by atoms with van der Waals surface area (Å²) in [6, 6.07) is 59.9. The Bertz CT molecular complexity index is 2510. The first-order valence-electron chi connectivity index (χ1n) is 16.3. The molecule has 224 valence electrons. The highest BCUT2D eigenvalue weighted by Gasteiger charge is 2.50. The number of nitrogens with zero attached hydrogens (tertiary/aromatic N) is 2. The number of rotatable bonds is 3. The zero-order chi connectivity index (χ0) is 31.7. The second-order valence-corrected chi connectivity index (χ2v) is 12.5. The molecule has 0 bridgehead atoms. The third-order valence-corrected chi connectivity index (χ3v) is 9.95. The Hall–Kier alpha value is -6.32. The zero-order valence-corrected chi connectivity index (χ0v) is 26.0. The maximum atomic E-state index is 6.76. The van der Waals surface area contributed by atoms with E-state index in [1.807, 2.05) is 18.2 Å². The van der Waals surface area contributed by atoms with Crippen LogP contribution in [0.4, 0.5) is 0 Å². The van der Waals surface area contributed by atoms with Crippen molar-refractivity contribution in [2.45, 2.75) is 5.41 Å². The van der Waals surface area contributed by atoms with Crippen molar-refractivity contribution in [1.82, 2.24) is 9.97 Å². The molecule has 1 spiro atoms. The third-order valence-electron chi connectivity index (χ3n) is 9.95. The van der Waals surface area contributed by atoms with Crippen molar-refractivity contribution < 1.29 is 4.74 Å². The topological polar surface area (TPSA) is 35.0 Å². The molecule has 0 atom stereocenters. The molecule has 0 radical (unpaired) electrons. The van der Waals surface area contributed by atoms with E-state index in [1.54, 1.807) is 0 Å². The number of hydrogen-bond donors (Lipinski definition) is 0. The lowest BCUT2D eigenvalue weighted by atomic mass is 9.66. The first-order valence-corrected chi connectivity index (χ1v) is 16.3. The summed E-state index contributed by atoms with van der Waals surface area (Å²) in [5, 5.41) is 1.04.